The minimum Gasteiger partial charge on any atom is -0.378 e. The summed E-state index contributed by atoms with van der Waals surface area (Å²) in [7, 11) is 4.10. The Kier molecular flexibility index (Phi) is 3.51. The van der Waals surface area contributed by atoms with Gasteiger partial charge in [-0.05, 0) is 49.8 Å². The Labute approximate surface area is 104 Å². The van der Waals surface area contributed by atoms with Gasteiger partial charge in [0.25, 0.3) is 0 Å². The molecule has 2 nitrogen and oxygen atoms in total. The molecule has 92 valence electrons. The van der Waals surface area contributed by atoms with E-state index in [1.54, 1.807) is 6.92 Å². The normalized spacial score (nSPS) is 23.7. The fourth-order valence-electron chi connectivity index (χ4n) is 2.70. The van der Waals surface area contributed by atoms with Gasteiger partial charge < -0.3 is 4.90 Å². The molecule has 2 atom stereocenters. The first-order valence-electron chi connectivity index (χ1n) is 6.35. The van der Waals surface area contributed by atoms with Gasteiger partial charge in [0.05, 0.1) is 0 Å². The van der Waals surface area contributed by atoms with Crippen molar-refractivity contribution in [3.63, 3.8) is 0 Å². The van der Waals surface area contributed by atoms with Gasteiger partial charge in [-0.3, -0.25) is 4.79 Å². The van der Waals surface area contributed by atoms with Crippen LogP contribution in [0.15, 0.2) is 24.3 Å². The van der Waals surface area contributed by atoms with Crippen LogP contribution in [0.1, 0.15) is 37.7 Å². The third-order valence-electron chi connectivity index (χ3n) is 3.89. The number of benzene rings is 1. The molecule has 0 N–H and O–H groups in total. The second-order valence-electron chi connectivity index (χ2n) is 5.30. The van der Waals surface area contributed by atoms with Crippen LogP contribution in [0.4, 0.5) is 5.69 Å². The van der Waals surface area contributed by atoms with Crippen LogP contribution in [-0.4, -0.2) is 19.9 Å². The van der Waals surface area contributed by atoms with Gasteiger partial charge in [0.2, 0.25) is 0 Å². The van der Waals surface area contributed by atoms with Gasteiger partial charge in [-0.25, -0.2) is 0 Å². The topological polar surface area (TPSA) is 20.3 Å². The van der Waals surface area contributed by atoms with E-state index in [1.807, 2.05) is 0 Å². The molecule has 0 radical (unpaired) electrons. The van der Waals surface area contributed by atoms with Crippen LogP contribution < -0.4 is 4.90 Å². The highest BCUT2D eigenvalue weighted by atomic mass is 16.1. The van der Waals surface area contributed by atoms with Crippen molar-refractivity contribution in [1.82, 2.24) is 0 Å². The highest BCUT2D eigenvalue weighted by molar-refractivity contribution is 5.78. The molecule has 1 aromatic rings. The zero-order valence-corrected chi connectivity index (χ0v) is 10.9. The minimum absolute atomic E-state index is 0.300. The number of hydrogen-bond donors (Lipinski definition) is 0. The summed E-state index contributed by atoms with van der Waals surface area (Å²) in [6.07, 6.45) is 3.26. The maximum absolute atomic E-state index is 11.4. The number of carbonyl (C=O) groups excluding carboxylic acids is 1. The zero-order valence-electron chi connectivity index (χ0n) is 10.9. The molecule has 0 heterocycles. The van der Waals surface area contributed by atoms with Crippen molar-refractivity contribution in [3.05, 3.63) is 29.8 Å². The molecule has 1 aromatic carbocycles. The van der Waals surface area contributed by atoms with E-state index in [0.29, 0.717) is 17.6 Å². The second-order valence-corrected chi connectivity index (χ2v) is 5.30. The highest BCUT2D eigenvalue weighted by Crippen LogP contribution is 2.38. The first-order valence-corrected chi connectivity index (χ1v) is 6.35. The van der Waals surface area contributed by atoms with Crippen LogP contribution in [0.2, 0.25) is 0 Å². The van der Waals surface area contributed by atoms with E-state index in [2.05, 4.69) is 43.3 Å². The first-order chi connectivity index (χ1) is 8.08. The van der Waals surface area contributed by atoms with Gasteiger partial charge in [0.15, 0.2) is 0 Å². The van der Waals surface area contributed by atoms with Crippen molar-refractivity contribution in [3.8, 4) is 0 Å². The lowest BCUT2D eigenvalue weighted by atomic mass is 9.95. The molecule has 0 aliphatic heterocycles. The van der Waals surface area contributed by atoms with Crippen LogP contribution in [0, 0.1) is 5.92 Å². The van der Waals surface area contributed by atoms with Crippen LogP contribution in [0.25, 0.3) is 0 Å². The Morgan fingerprint density at radius 1 is 1.18 bits per heavy atom. The number of Topliss-reactive ketones (excluding diaryl/α,β-unsaturated/α-hetero) is 1. The van der Waals surface area contributed by atoms with Crippen molar-refractivity contribution in [2.24, 2.45) is 5.92 Å². The number of anilines is 1. The number of rotatable bonds is 3. The first kappa shape index (κ1) is 12.2. The van der Waals surface area contributed by atoms with E-state index >= 15 is 0 Å². The maximum atomic E-state index is 11.4. The van der Waals surface area contributed by atoms with Crippen molar-refractivity contribution < 1.29 is 4.79 Å². The van der Waals surface area contributed by atoms with Crippen molar-refractivity contribution in [2.75, 3.05) is 19.0 Å². The van der Waals surface area contributed by atoms with Crippen LogP contribution in [0.5, 0.6) is 0 Å². The van der Waals surface area contributed by atoms with E-state index in [1.165, 1.54) is 11.3 Å². The van der Waals surface area contributed by atoms with E-state index in [0.717, 1.165) is 19.3 Å². The maximum Gasteiger partial charge on any atom is 0.132 e. The van der Waals surface area contributed by atoms with Crippen molar-refractivity contribution in [1.29, 1.82) is 0 Å². The molecule has 0 aromatic heterocycles. The van der Waals surface area contributed by atoms with Gasteiger partial charge in [-0.1, -0.05) is 12.1 Å². The van der Waals surface area contributed by atoms with E-state index in [-0.39, 0.29) is 0 Å². The summed E-state index contributed by atoms with van der Waals surface area (Å²) in [4.78, 5) is 13.5. The summed E-state index contributed by atoms with van der Waals surface area (Å²) in [6, 6.07) is 8.75. The fraction of sp³-hybridized carbons (Fsp3) is 0.533. The standard InChI is InChI=1S/C15H21NO/c1-11(17)13-4-5-14(10-13)12-6-8-15(9-7-12)16(2)3/h6-9,13-14H,4-5,10H2,1-3H3. The largest absolute Gasteiger partial charge is 0.378 e. The van der Waals surface area contributed by atoms with Crippen LogP contribution in [-0.2, 0) is 4.79 Å². The molecular formula is C15H21NO. The van der Waals surface area contributed by atoms with Crippen LogP contribution >= 0.6 is 0 Å². The third-order valence-corrected chi connectivity index (χ3v) is 3.89. The van der Waals surface area contributed by atoms with E-state index in [9.17, 15) is 4.79 Å². The Bertz CT molecular complexity index is 394. The molecular weight excluding hydrogens is 210 g/mol. The van der Waals surface area contributed by atoms with Gasteiger partial charge in [0, 0.05) is 25.7 Å². The third kappa shape index (κ3) is 2.68. The Morgan fingerprint density at radius 3 is 2.29 bits per heavy atom. The summed E-state index contributed by atoms with van der Waals surface area (Å²) < 4.78 is 0. The SMILES string of the molecule is CC(=O)C1CCC(c2ccc(N(C)C)cc2)C1. The van der Waals surface area contributed by atoms with Gasteiger partial charge in [-0.2, -0.15) is 0 Å². The molecule has 1 aliphatic rings. The lowest BCUT2D eigenvalue weighted by Crippen LogP contribution is -2.08. The predicted octanol–water partition coefficient (Wildman–Crippen LogP) is 3.23. The summed E-state index contributed by atoms with van der Waals surface area (Å²) in [5, 5.41) is 0. The smallest absolute Gasteiger partial charge is 0.132 e. The quantitative estimate of drug-likeness (QED) is 0.796. The Morgan fingerprint density at radius 2 is 1.82 bits per heavy atom. The average molecular weight is 231 g/mol. The molecule has 17 heavy (non-hydrogen) atoms. The molecule has 1 fully saturated rings. The fourth-order valence-corrected chi connectivity index (χ4v) is 2.70. The molecule has 2 rings (SSSR count). The summed E-state index contributed by atoms with van der Waals surface area (Å²) in [6.45, 7) is 1.72. The zero-order chi connectivity index (χ0) is 12.4. The molecule has 0 amide bonds. The molecule has 1 aliphatic carbocycles. The highest BCUT2D eigenvalue weighted by Gasteiger charge is 2.28. The minimum atomic E-state index is 0.300. The lowest BCUT2D eigenvalue weighted by Gasteiger charge is -2.15. The van der Waals surface area contributed by atoms with E-state index in [4.69, 9.17) is 0 Å². The summed E-state index contributed by atoms with van der Waals surface area (Å²) in [5.74, 6) is 1.24. The van der Waals surface area contributed by atoms with Gasteiger partial charge >= 0.3 is 0 Å². The second kappa shape index (κ2) is 4.91. The van der Waals surface area contributed by atoms with Gasteiger partial charge in [-0.15, -0.1) is 0 Å². The molecule has 0 bridgehead atoms. The van der Waals surface area contributed by atoms with Crippen LogP contribution in [0.3, 0.4) is 0 Å². The number of hydrogen-bond acceptors (Lipinski definition) is 2. The molecule has 2 unspecified atom stereocenters. The average Bonchev–Trinajstić information content (AvgIpc) is 2.78. The lowest BCUT2D eigenvalue weighted by molar-refractivity contribution is -0.120. The molecule has 0 spiro atoms. The van der Waals surface area contributed by atoms with Gasteiger partial charge in [0.1, 0.15) is 5.78 Å². The van der Waals surface area contributed by atoms with Crippen molar-refractivity contribution in [2.45, 2.75) is 32.1 Å². The Balaban J connectivity index is 2.06. The molecule has 1 saturated carbocycles. The Hall–Kier alpha value is -1.31. The monoisotopic (exact) mass is 231 g/mol. The summed E-state index contributed by atoms with van der Waals surface area (Å²) in [5.41, 5.74) is 2.62. The number of nitrogens with zero attached hydrogens (tertiary/aromatic N) is 1. The van der Waals surface area contributed by atoms with E-state index < -0.39 is 0 Å². The molecule has 2 heteroatoms. The molecule has 0 saturated heterocycles. The summed E-state index contributed by atoms with van der Waals surface area (Å²) >= 11 is 0. The van der Waals surface area contributed by atoms with Crippen molar-refractivity contribution >= 4 is 11.5 Å². The number of ketones is 1. The predicted molar refractivity (Wildman–Crippen MR) is 71.5 cm³/mol. The number of carbonyl (C=O) groups is 1.